The zero-order valence-corrected chi connectivity index (χ0v) is 16.6. The first-order valence-electron chi connectivity index (χ1n) is 10.3. The Morgan fingerprint density at radius 2 is 1.79 bits per heavy atom. The van der Waals surface area contributed by atoms with Gasteiger partial charge in [-0.05, 0) is 54.7 Å². The number of ether oxygens (including phenoxy) is 2. The van der Waals surface area contributed by atoms with E-state index in [-0.39, 0.29) is 18.1 Å². The molecule has 1 aliphatic heterocycles. The van der Waals surface area contributed by atoms with Crippen LogP contribution in [0.2, 0.25) is 0 Å². The maximum atomic E-state index is 12.5. The van der Waals surface area contributed by atoms with E-state index >= 15 is 0 Å². The summed E-state index contributed by atoms with van der Waals surface area (Å²) < 4.78 is 11.0. The minimum absolute atomic E-state index is 0.0384. The second-order valence-electron chi connectivity index (χ2n) is 7.99. The first-order chi connectivity index (χ1) is 14.2. The molecule has 0 atom stereocenters. The van der Waals surface area contributed by atoms with Gasteiger partial charge in [0.05, 0.1) is 11.6 Å². The number of amides is 1. The van der Waals surface area contributed by atoms with Crippen molar-refractivity contribution >= 4 is 5.91 Å². The van der Waals surface area contributed by atoms with Gasteiger partial charge in [0, 0.05) is 18.4 Å². The van der Waals surface area contributed by atoms with Crippen LogP contribution in [-0.4, -0.2) is 19.2 Å². The summed E-state index contributed by atoms with van der Waals surface area (Å²) in [4.78, 5) is 12.5. The number of hydrogen-bond donors (Lipinski definition) is 1. The molecule has 0 spiro atoms. The summed E-state index contributed by atoms with van der Waals surface area (Å²) in [6, 6.07) is 15.7. The van der Waals surface area contributed by atoms with Crippen LogP contribution in [0.15, 0.2) is 42.5 Å². The largest absolute Gasteiger partial charge is 0.454 e. The first kappa shape index (κ1) is 19.3. The van der Waals surface area contributed by atoms with Crippen molar-refractivity contribution in [2.75, 3.05) is 13.3 Å². The van der Waals surface area contributed by atoms with Crippen LogP contribution in [0.4, 0.5) is 0 Å². The van der Waals surface area contributed by atoms with E-state index < -0.39 is 0 Å². The molecule has 4 rings (SSSR count). The Morgan fingerprint density at radius 1 is 1.03 bits per heavy atom. The maximum absolute atomic E-state index is 12.5. The number of nitrogens with one attached hydrogen (secondary N) is 1. The summed E-state index contributed by atoms with van der Waals surface area (Å²) in [5.41, 5.74) is 2.90. The average molecular weight is 390 g/mol. The van der Waals surface area contributed by atoms with Crippen LogP contribution in [0.5, 0.6) is 11.5 Å². The van der Waals surface area contributed by atoms with Crippen LogP contribution >= 0.6 is 0 Å². The molecule has 2 aromatic rings. The van der Waals surface area contributed by atoms with Crippen LogP contribution in [0.25, 0.3) is 0 Å². The zero-order chi connectivity index (χ0) is 20.1. The molecule has 0 unspecified atom stereocenters. The van der Waals surface area contributed by atoms with Crippen LogP contribution in [0, 0.1) is 11.3 Å². The normalized spacial score (nSPS) is 16.8. The minimum atomic E-state index is -0.0384. The predicted molar refractivity (Wildman–Crippen MR) is 110 cm³/mol. The van der Waals surface area contributed by atoms with E-state index in [9.17, 15) is 4.79 Å². The highest BCUT2D eigenvalue weighted by molar-refractivity contribution is 5.76. The van der Waals surface area contributed by atoms with Gasteiger partial charge in [0.1, 0.15) is 0 Å². The lowest BCUT2D eigenvalue weighted by atomic mass is 9.69. The molecule has 1 aliphatic carbocycles. The quantitative estimate of drug-likeness (QED) is 0.801. The minimum Gasteiger partial charge on any atom is -0.454 e. The number of fused-ring (bicyclic) bond motifs is 1. The van der Waals surface area contributed by atoms with Crippen molar-refractivity contribution in [3.63, 3.8) is 0 Å². The van der Waals surface area contributed by atoms with Gasteiger partial charge in [-0.1, -0.05) is 37.5 Å². The summed E-state index contributed by atoms with van der Waals surface area (Å²) >= 11 is 0. The summed E-state index contributed by atoms with van der Waals surface area (Å²) in [5.74, 6) is 1.67. The SMILES string of the molecule is N#Cc1ccc(CCC(=O)NCC2(c3ccc4c(c3)OCO4)CCCCC2)cc1. The number of carbonyl (C=O) groups excluding carboxylic acids is 1. The van der Waals surface area contributed by atoms with E-state index in [0.717, 1.165) is 29.9 Å². The summed E-state index contributed by atoms with van der Waals surface area (Å²) in [7, 11) is 0. The lowest BCUT2D eigenvalue weighted by Gasteiger charge is -2.38. The molecule has 29 heavy (non-hydrogen) atoms. The first-order valence-corrected chi connectivity index (χ1v) is 10.3. The van der Waals surface area contributed by atoms with E-state index in [1.165, 1.54) is 24.8 Å². The van der Waals surface area contributed by atoms with Crippen molar-refractivity contribution in [3.05, 3.63) is 59.2 Å². The molecule has 0 radical (unpaired) electrons. The standard InChI is InChI=1S/C24H26N2O3/c25-15-19-6-4-18(5-7-19)8-11-23(27)26-16-24(12-2-1-3-13-24)20-9-10-21-22(14-20)29-17-28-21/h4-7,9-10,14H,1-3,8,11-13,16-17H2,(H,26,27). The highest BCUT2D eigenvalue weighted by atomic mass is 16.7. The highest BCUT2D eigenvalue weighted by Gasteiger charge is 2.35. The van der Waals surface area contributed by atoms with Crippen molar-refractivity contribution in [1.29, 1.82) is 5.26 Å². The molecule has 1 amide bonds. The summed E-state index contributed by atoms with van der Waals surface area (Å²) in [6.45, 7) is 0.927. The Hall–Kier alpha value is -3.00. The van der Waals surface area contributed by atoms with Gasteiger partial charge in [0.15, 0.2) is 11.5 Å². The number of aryl methyl sites for hydroxylation is 1. The second-order valence-corrected chi connectivity index (χ2v) is 7.99. The maximum Gasteiger partial charge on any atom is 0.231 e. The number of benzene rings is 2. The Bertz CT molecular complexity index is 909. The molecular formula is C24H26N2O3. The molecule has 150 valence electrons. The van der Waals surface area contributed by atoms with Gasteiger partial charge >= 0.3 is 0 Å². The Labute approximate surface area is 171 Å². The number of rotatable bonds is 6. The number of hydrogen-bond acceptors (Lipinski definition) is 4. The molecule has 1 heterocycles. The third kappa shape index (κ3) is 4.37. The number of nitriles is 1. The van der Waals surface area contributed by atoms with Crippen molar-refractivity contribution in [2.24, 2.45) is 0 Å². The average Bonchev–Trinajstić information content (AvgIpc) is 3.25. The number of nitrogens with zero attached hydrogens (tertiary/aromatic N) is 1. The van der Waals surface area contributed by atoms with Crippen LogP contribution in [0.3, 0.4) is 0 Å². The van der Waals surface area contributed by atoms with Gasteiger partial charge in [-0.3, -0.25) is 4.79 Å². The topological polar surface area (TPSA) is 71.4 Å². The van der Waals surface area contributed by atoms with Gasteiger partial charge in [0.2, 0.25) is 12.7 Å². The van der Waals surface area contributed by atoms with Crippen molar-refractivity contribution in [3.8, 4) is 17.6 Å². The molecule has 0 aromatic heterocycles. The monoisotopic (exact) mass is 390 g/mol. The van der Waals surface area contributed by atoms with E-state index in [1.807, 2.05) is 18.2 Å². The van der Waals surface area contributed by atoms with E-state index in [0.29, 0.717) is 24.9 Å². The Kier molecular flexibility index (Phi) is 5.71. The summed E-state index contributed by atoms with van der Waals surface area (Å²) in [5, 5.41) is 12.1. The van der Waals surface area contributed by atoms with E-state index in [2.05, 4.69) is 23.5 Å². The van der Waals surface area contributed by atoms with Gasteiger partial charge in [-0.2, -0.15) is 5.26 Å². The van der Waals surface area contributed by atoms with Crippen LogP contribution < -0.4 is 14.8 Å². The van der Waals surface area contributed by atoms with Crippen molar-refractivity contribution < 1.29 is 14.3 Å². The lowest BCUT2D eigenvalue weighted by molar-refractivity contribution is -0.121. The number of carbonyl (C=O) groups is 1. The van der Waals surface area contributed by atoms with Crippen molar-refractivity contribution in [2.45, 2.75) is 50.4 Å². The Morgan fingerprint density at radius 3 is 2.55 bits per heavy atom. The Balaban J connectivity index is 1.39. The van der Waals surface area contributed by atoms with Gasteiger partial charge in [-0.15, -0.1) is 0 Å². The van der Waals surface area contributed by atoms with Crippen molar-refractivity contribution in [1.82, 2.24) is 5.32 Å². The fourth-order valence-electron chi connectivity index (χ4n) is 4.38. The lowest BCUT2D eigenvalue weighted by Crippen LogP contribution is -2.42. The second kappa shape index (κ2) is 8.57. The molecule has 5 heteroatoms. The van der Waals surface area contributed by atoms with Gasteiger partial charge < -0.3 is 14.8 Å². The molecule has 2 aliphatic rings. The molecule has 0 saturated heterocycles. The summed E-state index contributed by atoms with van der Waals surface area (Å²) in [6.07, 6.45) is 6.87. The van der Waals surface area contributed by atoms with Gasteiger partial charge in [0.25, 0.3) is 0 Å². The molecule has 1 saturated carbocycles. The molecule has 2 aromatic carbocycles. The third-order valence-electron chi connectivity index (χ3n) is 6.14. The molecule has 5 nitrogen and oxygen atoms in total. The molecule has 0 bridgehead atoms. The fraction of sp³-hybridized carbons (Fsp3) is 0.417. The molecule has 1 fully saturated rings. The predicted octanol–water partition coefficient (Wildman–Crippen LogP) is 4.24. The molecule has 1 N–H and O–H groups in total. The van der Waals surface area contributed by atoms with Crippen LogP contribution in [0.1, 0.15) is 55.2 Å². The van der Waals surface area contributed by atoms with E-state index in [4.69, 9.17) is 14.7 Å². The smallest absolute Gasteiger partial charge is 0.231 e. The zero-order valence-electron chi connectivity index (χ0n) is 16.6. The molecular weight excluding hydrogens is 364 g/mol. The van der Waals surface area contributed by atoms with Crippen LogP contribution in [-0.2, 0) is 16.6 Å². The highest BCUT2D eigenvalue weighted by Crippen LogP contribution is 2.43. The van der Waals surface area contributed by atoms with E-state index in [1.54, 1.807) is 12.1 Å². The fourth-order valence-corrected chi connectivity index (χ4v) is 4.38. The third-order valence-corrected chi connectivity index (χ3v) is 6.14. The van der Waals surface area contributed by atoms with Gasteiger partial charge in [-0.25, -0.2) is 0 Å².